The first-order valence-corrected chi connectivity index (χ1v) is 16.1. The van der Waals surface area contributed by atoms with Crippen LogP contribution in [0.2, 0.25) is 0 Å². The minimum atomic E-state index is -0.248. The number of carbonyl (C=O) groups is 2. The molecular formula is C31H45FN6O2S. The van der Waals surface area contributed by atoms with Crippen molar-refractivity contribution in [1.29, 1.82) is 0 Å². The third-order valence-electron chi connectivity index (χ3n) is 8.94. The fourth-order valence-corrected chi connectivity index (χ4v) is 7.68. The molecule has 5 rings (SSSR count). The molecule has 0 aliphatic carbocycles. The zero-order chi connectivity index (χ0) is 28.8. The van der Waals surface area contributed by atoms with Gasteiger partial charge >= 0.3 is 6.03 Å². The molecule has 0 radical (unpaired) electrons. The average Bonchev–Trinajstić information content (AvgIpc) is 3.60. The maximum atomic E-state index is 13.4. The van der Waals surface area contributed by atoms with Crippen molar-refractivity contribution in [2.75, 3.05) is 64.2 Å². The first-order chi connectivity index (χ1) is 19.8. The zero-order valence-electron chi connectivity index (χ0n) is 24.5. The Labute approximate surface area is 247 Å². The van der Waals surface area contributed by atoms with Gasteiger partial charge in [-0.3, -0.25) is 10.1 Å². The summed E-state index contributed by atoms with van der Waals surface area (Å²) < 4.78 is 13.4. The van der Waals surface area contributed by atoms with Gasteiger partial charge in [0.2, 0.25) is 0 Å². The van der Waals surface area contributed by atoms with Crippen molar-refractivity contribution >= 4 is 28.3 Å². The molecule has 0 saturated carbocycles. The Balaban J connectivity index is 1.20. The Morgan fingerprint density at radius 2 is 1.71 bits per heavy atom. The van der Waals surface area contributed by atoms with Crippen molar-refractivity contribution in [2.24, 2.45) is 11.8 Å². The van der Waals surface area contributed by atoms with Gasteiger partial charge in [0.25, 0.3) is 0 Å². The van der Waals surface area contributed by atoms with Gasteiger partial charge in [-0.05, 0) is 88.7 Å². The van der Waals surface area contributed by atoms with Gasteiger partial charge in [0.1, 0.15) is 5.82 Å². The molecule has 0 bridgehead atoms. The molecule has 2 amide bonds. The maximum Gasteiger partial charge on any atom is 0.321 e. The normalized spacial score (nSPS) is 24.4. The molecule has 1 aromatic carbocycles. The van der Waals surface area contributed by atoms with E-state index in [9.17, 15) is 14.0 Å². The smallest absolute Gasteiger partial charge is 0.321 e. The third-order valence-corrected chi connectivity index (χ3v) is 10.1. The lowest BCUT2D eigenvalue weighted by molar-refractivity contribution is 0.0808. The Kier molecular flexibility index (Phi) is 10.4. The Hall–Kier alpha value is -2.40. The number of piperidine rings is 2. The van der Waals surface area contributed by atoms with Crippen molar-refractivity contribution in [3.63, 3.8) is 0 Å². The number of hydrogen-bond donors (Lipinski definition) is 2. The molecule has 224 valence electrons. The van der Waals surface area contributed by atoms with Crippen LogP contribution in [0.1, 0.15) is 60.0 Å². The Morgan fingerprint density at radius 3 is 2.44 bits per heavy atom. The van der Waals surface area contributed by atoms with E-state index in [0.717, 1.165) is 65.1 Å². The van der Waals surface area contributed by atoms with E-state index in [0.29, 0.717) is 27.5 Å². The first kappa shape index (κ1) is 30.1. The van der Waals surface area contributed by atoms with Crippen molar-refractivity contribution in [1.82, 2.24) is 25.0 Å². The number of aryl methyl sites for hydroxylation is 1. The number of ketones is 1. The fourth-order valence-electron chi connectivity index (χ4n) is 6.82. The van der Waals surface area contributed by atoms with E-state index in [-0.39, 0.29) is 23.7 Å². The van der Waals surface area contributed by atoms with Crippen LogP contribution in [0.25, 0.3) is 0 Å². The summed E-state index contributed by atoms with van der Waals surface area (Å²) in [4.78, 5) is 37.6. The SMILES string of the molecule is CC(=O)c1sc(NC(=O)N[C@@H]2CCN(CCN3CCCC3)C[C@H]2CN2CCC[C@@H](Cc3ccc(F)cc3)C2)nc1C. The zero-order valence-corrected chi connectivity index (χ0v) is 25.4. The summed E-state index contributed by atoms with van der Waals surface area (Å²) in [5, 5.41) is 6.62. The molecule has 3 saturated heterocycles. The molecule has 8 nitrogen and oxygen atoms in total. The number of anilines is 1. The van der Waals surface area contributed by atoms with E-state index in [2.05, 4.69) is 30.3 Å². The van der Waals surface area contributed by atoms with Crippen LogP contribution >= 0.6 is 11.3 Å². The fraction of sp³-hybridized carbons (Fsp3) is 0.645. The molecular weight excluding hydrogens is 539 g/mol. The minimum Gasteiger partial charge on any atom is -0.335 e. The number of halogens is 1. The number of amides is 2. The Bertz CT molecular complexity index is 1170. The number of urea groups is 1. The standard InChI is InChI=1S/C31H45FN6O2S/c1-22-29(23(2)39)41-31(33-22)35-30(40)34-28-11-15-37(17-16-36-12-3-4-13-36)20-26(28)21-38-14-5-6-25(19-38)18-24-7-9-27(32)10-8-24/h7-10,25-26,28H,3-6,11-21H2,1-2H3,(H2,33,34,35,40)/t25-,26-,28+/m0/s1. The molecule has 10 heteroatoms. The summed E-state index contributed by atoms with van der Waals surface area (Å²) in [5.41, 5.74) is 1.85. The van der Waals surface area contributed by atoms with Crippen LogP contribution < -0.4 is 10.6 Å². The molecule has 2 N–H and O–H groups in total. The van der Waals surface area contributed by atoms with Gasteiger partial charge in [-0.2, -0.15) is 0 Å². The molecule has 3 aliphatic heterocycles. The summed E-state index contributed by atoms with van der Waals surface area (Å²) in [6.07, 6.45) is 6.87. The second kappa shape index (κ2) is 14.2. The largest absolute Gasteiger partial charge is 0.335 e. The predicted octanol–water partition coefficient (Wildman–Crippen LogP) is 4.66. The maximum absolute atomic E-state index is 13.4. The summed E-state index contributed by atoms with van der Waals surface area (Å²) in [6.45, 7) is 13.0. The van der Waals surface area contributed by atoms with Gasteiger partial charge in [-0.25, -0.2) is 14.2 Å². The number of nitrogens with one attached hydrogen (secondary N) is 2. The highest BCUT2D eigenvalue weighted by atomic mass is 32.1. The van der Waals surface area contributed by atoms with Crippen LogP contribution in [0.15, 0.2) is 24.3 Å². The van der Waals surface area contributed by atoms with E-state index in [4.69, 9.17) is 0 Å². The summed E-state index contributed by atoms with van der Waals surface area (Å²) in [7, 11) is 0. The first-order valence-electron chi connectivity index (χ1n) is 15.3. The molecule has 0 unspecified atom stereocenters. The van der Waals surface area contributed by atoms with E-state index in [1.54, 1.807) is 19.1 Å². The van der Waals surface area contributed by atoms with Crippen LogP contribution in [0.5, 0.6) is 0 Å². The number of Topliss-reactive ketones (excluding diaryl/α,β-unsaturated/α-hetero) is 1. The molecule has 1 aromatic heterocycles. The quantitative estimate of drug-likeness (QED) is 0.396. The van der Waals surface area contributed by atoms with E-state index < -0.39 is 0 Å². The second-order valence-electron chi connectivity index (χ2n) is 12.2. The number of rotatable bonds is 10. The van der Waals surface area contributed by atoms with Crippen LogP contribution in [0.3, 0.4) is 0 Å². The molecule has 41 heavy (non-hydrogen) atoms. The Morgan fingerprint density at radius 1 is 0.976 bits per heavy atom. The highest BCUT2D eigenvalue weighted by molar-refractivity contribution is 7.17. The summed E-state index contributed by atoms with van der Waals surface area (Å²) in [5.74, 6) is 0.664. The molecule has 3 fully saturated rings. The average molecular weight is 585 g/mol. The van der Waals surface area contributed by atoms with Crippen molar-refractivity contribution in [3.8, 4) is 0 Å². The van der Waals surface area contributed by atoms with Crippen molar-refractivity contribution in [2.45, 2.75) is 58.4 Å². The number of nitrogens with zero attached hydrogens (tertiary/aromatic N) is 4. The number of hydrogen-bond acceptors (Lipinski definition) is 7. The van der Waals surface area contributed by atoms with Crippen LogP contribution in [0, 0.1) is 24.6 Å². The number of likely N-dealkylation sites (tertiary alicyclic amines) is 3. The van der Waals surface area contributed by atoms with E-state index in [1.807, 2.05) is 12.1 Å². The van der Waals surface area contributed by atoms with Gasteiger partial charge in [-0.15, -0.1) is 0 Å². The lowest BCUT2D eigenvalue weighted by Crippen LogP contribution is -2.56. The number of carbonyl (C=O) groups excluding carboxylic acids is 2. The number of thiazole rings is 1. The molecule has 4 heterocycles. The van der Waals surface area contributed by atoms with E-state index >= 15 is 0 Å². The lowest BCUT2D eigenvalue weighted by atomic mass is 9.88. The van der Waals surface area contributed by atoms with Gasteiger partial charge in [0.15, 0.2) is 10.9 Å². The molecule has 2 aromatic rings. The topological polar surface area (TPSA) is 80.8 Å². The third kappa shape index (κ3) is 8.56. The van der Waals surface area contributed by atoms with Gasteiger partial charge in [0, 0.05) is 58.2 Å². The summed E-state index contributed by atoms with van der Waals surface area (Å²) in [6, 6.07) is 6.77. The summed E-state index contributed by atoms with van der Waals surface area (Å²) >= 11 is 1.23. The molecule has 3 aliphatic rings. The van der Waals surface area contributed by atoms with Crippen molar-refractivity contribution < 1.29 is 14.0 Å². The molecule has 0 spiro atoms. The highest BCUT2D eigenvalue weighted by Gasteiger charge is 2.33. The lowest BCUT2D eigenvalue weighted by Gasteiger charge is -2.43. The monoisotopic (exact) mass is 584 g/mol. The van der Waals surface area contributed by atoms with Gasteiger partial charge < -0.3 is 20.0 Å². The van der Waals surface area contributed by atoms with E-state index in [1.165, 1.54) is 56.2 Å². The van der Waals surface area contributed by atoms with Gasteiger partial charge in [0.05, 0.1) is 10.6 Å². The van der Waals surface area contributed by atoms with Crippen LogP contribution in [-0.4, -0.2) is 96.4 Å². The minimum absolute atomic E-state index is 0.0333. The number of benzene rings is 1. The molecule has 3 atom stereocenters. The predicted molar refractivity (Wildman–Crippen MR) is 162 cm³/mol. The number of aromatic nitrogens is 1. The second-order valence-corrected chi connectivity index (χ2v) is 13.2. The van der Waals surface area contributed by atoms with Crippen LogP contribution in [0.4, 0.5) is 14.3 Å². The van der Waals surface area contributed by atoms with Crippen molar-refractivity contribution in [3.05, 3.63) is 46.2 Å². The highest BCUT2D eigenvalue weighted by Crippen LogP contribution is 2.26. The van der Waals surface area contributed by atoms with Gasteiger partial charge in [-0.1, -0.05) is 23.5 Å². The van der Waals surface area contributed by atoms with Crippen LogP contribution in [-0.2, 0) is 6.42 Å².